The van der Waals surface area contributed by atoms with Gasteiger partial charge in [-0.15, -0.1) is 11.3 Å². The van der Waals surface area contributed by atoms with Crippen LogP contribution in [0.25, 0.3) is 21.6 Å². The minimum atomic E-state index is -0.213. The van der Waals surface area contributed by atoms with Crippen LogP contribution >= 0.6 is 11.3 Å². The summed E-state index contributed by atoms with van der Waals surface area (Å²) in [6, 6.07) is 3.80. The topological polar surface area (TPSA) is 77.8 Å². The summed E-state index contributed by atoms with van der Waals surface area (Å²) in [6.45, 7) is 4.23. The van der Waals surface area contributed by atoms with Gasteiger partial charge in [-0.25, -0.2) is 0 Å². The fourth-order valence-corrected chi connectivity index (χ4v) is 2.86. The summed E-state index contributed by atoms with van der Waals surface area (Å²) in [4.78, 5) is 8.76. The van der Waals surface area contributed by atoms with E-state index >= 15 is 0 Å². The predicted octanol–water partition coefficient (Wildman–Crippen LogP) is 3.39. The van der Waals surface area contributed by atoms with E-state index in [4.69, 9.17) is 10.3 Å². The van der Waals surface area contributed by atoms with Crippen LogP contribution in [0.3, 0.4) is 0 Å². The lowest BCUT2D eigenvalue weighted by molar-refractivity contribution is 0.335. The second-order valence-electron chi connectivity index (χ2n) is 5.22. The first-order chi connectivity index (χ1) is 9.63. The molecule has 0 spiro atoms. The Morgan fingerprint density at radius 1 is 1.40 bits per heavy atom. The van der Waals surface area contributed by atoms with Crippen LogP contribution in [0.2, 0.25) is 0 Å². The zero-order valence-electron chi connectivity index (χ0n) is 11.4. The lowest BCUT2D eigenvalue weighted by Gasteiger charge is -2.08. The number of hydrogen-bond acceptors (Lipinski definition) is 6. The molecule has 5 nitrogen and oxygen atoms in total. The number of thiophene rings is 1. The zero-order valence-corrected chi connectivity index (χ0v) is 12.2. The molecule has 104 valence electrons. The molecule has 0 saturated heterocycles. The monoisotopic (exact) mass is 288 g/mol. The van der Waals surface area contributed by atoms with Crippen molar-refractivity contribution in [3.05, 3.63) is 29.6 Å². The summed E-state index contributed by atoms with van der Waals surface area (Å²) in [5, 5.41) is 6.02. The number of aromatic nitrogens is 3. The summed E-state index contributed by atoms with van der Waals surface area (Å²) in [5.74, 6) is 1.52. The van der Waals surface area contributed by atoms with E-state index in [-0.39, 0.29) is 6.04 Å². The summed E-state index contributed by atoms with van der Waals surface area (Å²) in [7, 11) is 0. The van der Waals surface area contributed by atoms with Crippen LogP contribution in [0.15, 0.2) is 28.2 Å². The molecule has 0 amide bonds. The van der Waals surface area contributed by atoms with E-state index in [1.165, 1.54) is 0 Å². The van der Waals surface area contributed by atoms with Gasteiger partial charge in [-0.2, -0.15) is 4.98 Å². The molecular weight excluding hydrogens is 272 g/mol. The smallest absolute Gasteiger partial charge is 0.243 e. The van der Waals surface area contributed by atoms with Crippen molar-refractivity contribution in [2.75, 3.05) is 0 Å². The normalized spacial score (nSPS) is 13.2. The Morgan fingerprint density at radius 3 is 3.05 bits per heavy atom. The van der Waals surface area contributed by atoms with Crippen molar-refractivity contribution in [2.45, 2.75) is 26.3 Å². The highest BCUT2D eigenvalue weighted by Gasteiger charge is 2.17. The van der Waals surface area contributed by atoms with Crippen LogP contribution in [0, 0.1) is 5.92 Å². The van der Waals surface area contributed by atoms with E-state index in [9.17, 15) is 0 Å². The Morgan fingerprint density at radius 2 is 2.25 bits per heavy atom. The van der Waals surface area contributed by atoms with Gasteiger partial charge in [0.15, 0.2) is 0 Å². The minimum absolute atomic E-state index is 0.213. The van der Waals surface area contributed by atoms with E-state index in [0.29, 0.717) is 17.6 Å². The van der Waals surface area contributed by atoms with E-state index in [2.05, 4.69) is 29.0 Å². The van der Waals surface area contributed by atoms with Gasteiger partial charge in [-0.05, 0) is 29.9 Å². The molecule has 1 atom stereocenters. The Bertz CT molecular complexity index is 719. The molecule has 20 heavy (non-hydrogen) atoms. The molecule has 0 fully saturated rings. The van der Waals surface area contributed by atoms with Gasteiger partial charge in [0.25, 0.3) is 0 Å². The van der Waals surface area contributed by atoms with Crippen LogP contribution in [-0.4, -0.2) is 15.1 Å². The van der Waals surface area contributed by atoms with Gasteiger partial charge >= 0.3 is 0 Å². The van der Waals surface area contributed by atoms with Gasteiger partial charge < -0.3 is 10.3 Å². The van der Waals surface area contributed by atoms with Crippen LogP contribution < -0.4 is 5.73 Å². The fraction of sp³-hybridized carbons (Fsp3) is 0.357. The van der Waals surface area contributed by atoms with E-state index in [1.807, 2.05) is 17.5 Å². The highest BCUT2D eigenvalue weighted by atomic mass is 32.1. The van der Waals surface area contributed by atoms with Crippen LogP contribution in [0.1, 0.15) is 32.2 Å². The first-order valence-electron chi connectivity index (χ1n) is 6.56. The number of pyridine rings is 1. The maximum atomic E-state index is 6.05. The number of nitrogens with two attached hydrogens (primary N) is 1. The molecule has 6 heteroatoms. The van der Waals surface area contributed by atoms with Gasteiger partial charge in [0, 0.05) is 11.8 Å². The molecule has 0 aromatic carbocycles. The van der Waals surface area contributed by atoms with Gasteiger partial charge in [-0.1, -0.05) is 19.0 Å². The van der Waals surface area contributed by atoms with E-state index in [1.54, 1.807) is 17.5 Å². The molecule has 0 aliphatic carbocycles. The van der Waals surface area contributed by atoms with E-state index in [0.717, 1.165) is 22.2 Å². The van der Waals surface area contributed by atoms with E-state index < -0.39 is 0 Å². The Balaban J connectivity index is 1.88. The Kier molecular flexibility index (Phi) is 3.50. The van der Waals surface area contributed by atoms with Gasteiger partial charge in [0.05, 0.1) is 16.3 Å². The molecule has 0 unspecified atom stereocenters. The van der Waals surface area contributed by atoms with Gasteiger partial charge in [0.1, 0.15) is 0 Å². The molecule has 3 heterocycles. The lowest BCUT2D eigenvalue weighted by Crippen LogP contribution is -2.13. The van der Waals surface area contributed by atoms with Crippen molar-refractivity contribution in [2.24, 2.45) is 11.7 Å². The highest BCUT2D eigenvalue weighted by Crippen LogP contribution is 2.25. The second kappa shape index (κ2) is 5.30. The summed E-state index contributed by atoms with van der Waals surface area (Å²) in [6.07, 6.45) is 2.58. The Hall–Kier alpha value is -1.79. The highest BCUT2D eigenvalue weighted by molar-refractivity contribution is 7.17. The molecule has 2 N–H and O–H groups in total. The minimum Gasteiger partial charge on any atom is -0.337 e. The first kappa shape index (κ1) is 13.2. The molecule has 3 aromatic rings. The van der Waals surface area contributed by atoms with Crippen LogP contribution in [0.5, 0.6) is 0 Å². The van der Waals surface area contributed by atoms with Gasteiger partial charge in [0.2, 0.25) is 11.7 Å². The van der Waals surface area contributed by atoms with Crippen molar-refractivity contribution in [3.63, 3.8) is 0 Å². The molecule has 0 aliphatic rings. The van der Waals surface area contributed by atoms with Gasteiger partial charge in [-0.3, -0.25) is 4.98 Å². The molecule has 0 saturated carbocycles. The molecule has 0 aliphatic heterocycles. The summed E-state index contributed by atoms with van der Waals surface area (Å²) in [5.41, 5.74) is 7.89. The SMILES string of the molecule is CC(C)C[C@@H](N)c1nc(-c2cnc3ccsc3c2)no1. The standard InChI is InChI=1S/C14H16N4OS/c1-8(2)5-10(15)14-17-13(18-19-14)9-6-12-11(16-7-9)3-4-20-12/h3-4,6-8,10H,5,15H2,1-2H3/t10-/m1/s1. The third kappa shape index (κ3) is 2.57. The lowest BCUT2D eigenvalue weighted by atomic mass is 10.0. The molecule has 3 rings (SSSR count). The average molecular weight is 288 g/mol. The molecule has 3 aromatic heterocycles. The van der Waals surface area contributed by atoms with Crippen molar-refractivity contribution >= 4 is 21.6 Å². The van der Waals surface area contributed by atoms with Crippen molar-refractivity contribution in [3.8, 4) is 11.4 Å². The molecule has 0 bridgehead atoms. The summed E-state index contributed by atoms with van der Waals surface area (Å²) >= 11 is 1.64. The molecule has 0 radical (unpaired) electrons. The maximum absolute atomic E-state index is 6.05. The fourth-order valence-electron chi connectivity index (χ4n) is 2.08. The third-order valence-electron chi connectivity index (χ3n) is 3.05. The molecular formula is C14H16N4OS. The zero-order chi connectivity index (χ0) is 14.1. The third-order valence-corrected chi connectivity index (χ3v) is 3.90. The van der Waals surface area contributed by atoms with Crippen molar-refractivity contribution in [1.29, 1.82) is 0 Å². The van der Waals surface area contributed by atoms with Crippen LogP contribution in [-0.2, 0) is 0 Å². The number of fused-ring (bicyclic) bond motifs is 1. The quantitative estimate of drug-likeness (QED) is 0.796. The second-order valence-corrected chi connectivity index (χ2v) is 6.17. The van der Waals surface area contributed by atoms with Crippen molar-refractivity contribution in [1.82, 2.24) is 15.1 Å². The number of rotatable bonds is 4. The Labute approximate surface area is 120 Å². The summed E-state index contributed by atoms with van der Waals surface area (Å²) < 4.78 is 6.38. The average Bonchev–Trinajstić information content (AvgIpc) is 3.06. The van der Waals surface area contributed by atoms with Crippen LogP contribution in [0.4, 0.5) is 0 Å². The number of nitrogens with zero attached hydrogens (tertiary/aromatic N) is 3. The maximum Gasteiger partial charge on any atom is 0.243 e. The largest absolute Gasteiger partial charge is 0.337 e. The first-order valence-corrected chi connectivity index (χ1v) is 7.44. The predicted molar refractivity (Wildman–Crippen MR) is 79.3 cm³/mol. The van der Waals surface area contributed by atoms with Crippen molar-refractivity contribution < 1.29 is 4.52 Å². The number of hydrogen-bond donors (Lipinski definition) is 1.